The van der Waals surface area contributed by atoms with E-state index in [0.717, 1.165) is 0 Å². The average molecular weight is 364 g/mol. The largest absolute Gasteiger partial charge is 0.495 e. The minimum absolute atomic E-state index is 0.356. The van der Waals surface area contributed by atoms with Crippen LogP contribution in [-0.4, -0.2) is 38.1 Å². The lowest BCUT2D eigenvalue weighted by molar-refractivity contribution is -0.143. The number of hydrogen-bond acceptors (Lipinski definition) is 4. The molecular formula is C21H20N2O4. The van der Waals surface area contributed by atoms with Crippen molar-refractivity contribution in [3.8, 4) is 5.75 Å². The summed E-state index contributed by atoms with van der Waals surface area (Å²) in [5.74, 6) is -1.44. The van der Waals surface area contributed by atoms with Crippen molar-refractivity contribution in [1.82, 2.24) is 0 Å². The zero-order valence-corrected chi connectivity index (χ0v) is 15.4. The summed E-state index contributed by atoms with van der Waals surface area (Å²) in [6, 6.07) is 10.6. The molecule has 138 valence electrons. The molecule has 0 aromatic heterocycles. The van der Waals surface area contributed by atoms with E-state index in [0.29, 0.717) is 33.8 Å². The van der Waals surface area contributed by atoms with Gasteiger partial charge in [-0.2, -0.15) is 0 Å². The Balaban J connectivity index is 2.02. The maximum absolute atomic E-state index is 13.2. The molecule has 27 heavy (non-hydrogen) atoms. The predicted octanol–water partition coefficient (Wildman–Crippen LogP) is 2.26. The van der Waals surface area contributed by atoms with Crippen molar-refractivity contribution in [2.24, 2.45) is 0 Å². The van der Waals surface area contributed by atoms with Crippen molar-refractivity contribution >= 4 is 29.3 Å². The molecule has 0 aliphatic carbocycles. The Morgan fingerprint density at radius 1 is 1.15 bits per heavy atom. The van der Waals surface area contributed by atoms with Gasteiger partial charge in [-0.3, -0.25) is 9.59 Å². The number of amides is 2. The second kappa shape index (κ2) is 5.69. The van der Waals surface area contributed by atoms with Crippen LogP contribution in [0, 0.1) is 0 Å². The van der Waals surface area contributed by atoms with Gasteiger partial charge in [0.25, 0.3) is 5.91 Å². The summed E-state index contributed by atoms with van der Waals surface area (Å²) < 4.78 is 5.39. The van der Waals surface area contributed by atoms with E-state index in [1.807, 2.05) is 0 Å². The Morgan fingerprint density at radius 3 is 2.52 bits per heavy atom. The summed E-state index contributed by atoms with van der Waals surface area (Å²) in [5.41, 5.74) is 0.736. The molecule has 2 atom stereocenters. The molecule has 0 bridgehead atoms. The number of anilines is 2. The van der Waals surface area contributed by atoms with Crippen LogP contribution in [0.2, 0.25) is 0 Å². The van der Waals surface area contributed by atoms with Crippen LogP contribution >= 0.6 is 0 Å². The molecule has 0 fully saturated rings. The number of nitrogens with zero attached hydrogens (tertiary/aromatic N) is 2. The quantitative estimate of drug-likeness (QED) is 0.907. The van der Waals surface area contributed by atoms with E-state index in [4.69, 9.17) is 4.74 Å². The van der Waals surface area contributed by atoms with E-state index in [-0.39, 0.29) is 5.91 Å². The van der Waals surface area contributed by atoms with E-state index in [1.54, 1.807) is 56.6 Å². The van der Waals surface area contributed by atoms with Gasteiger partial charge in [0.2, 0.25) is 5.91 Å². The molecule has 6 nitrogen and oxygen atoms in total. The normalized spacial score (nSPS) is 23.5. The minimum atomic E-state index is -2.02. The first kappa shape index (κ1) is 17.3. The lowest BCUT2D eigenvalue weighted by Crippen LogP contribution is -2.47. The summed E-state index contributed by atoms with van der Waals surface area (Å²) in [4.78, 5) is 29.2. The van der Waals surface area contributed by atoms with E-state index in [1.165, 1.54) is 16.9 Å². The number of carbonyl (C=O) groups is 2. The van der Waals surface area contributed by atoms with Crippen LogP contribution in [0.15, 0.2) is 43.0 Å². The van der Waals surface area contributed by atoms with Gasteiger partial charge in [-0.05, 0) is 23.3 Å². The molecule has 2 aliphatic heterocycles. The third-order valence-corrected chi connectivity index (χ3v) is 5.56. The van der Waals surface area contributed by atoms with E-state index in [9.17, 15) is 14.7 Å². The first-order valence-electron chi connectivity index (χ1n) is 8.58. The Hall–Kier alpha value is -3.12. The number of benzene rings is 2. The SMILES string of the molecule is C=Cc1cccc2c1[C@@](O)([C@@H]1C(=O)N(C)c3c(OC)cccc31)C(=O)N2C. The topological polar surface area (TPSA) is 70.1 Å². The molecule has 0 saturated heterocycles. The van der Waals surface area contributed by atoms with E-state index < -0.39 is 17.4 Å². The number of ether oxygens (including phenoxy) is 1. The maximum atomic E-state index is 13.2. The van der Waals surface area contributed by atoms with Crippen LogP contribution in [0.4, 0.5) is 11.4 Å². The van der Waals surface area contributed by atoms with E-state index in [2.05, 4.69) is 6.58 Å². The summed E-state index contributed by atoms with van der Waals surface area (Å²) in [6.45, 7) is 3.80. The minimum Gasteiger partial charge on any atom is -0.495 e. The van der Waals surface area contributed by atoms with Gasteiger partial charge in [-0.25, -0.2) is 0 Å². The highest BCUT2D eigenvalue weighted by Crippen LogP contribution is 2.55. The Labute approximate surface area is 157 Å². The van der Waals surface area contributed by atoms with Crippen molar-refractivity contribution in [1.29, 1.82) is 0 Å². The van der Waals surface area contributed by atoms with E-state index >= 15 is 0 Å². The summed E-state index contributed by atoms with van der Waals surface area (Å²) in [7, 11) is 4.74. The van der Waals surface area contributed by atoms with Crippen LogP contribution in [-0.2, 0) is 15.2 Å². The highest BCUT2D eigenvalue weighted by molar-refractivity contribution is 6.16. The number of para-hydroxylation sites is 1. The molecule has 2 aliphatic rings. The van der Waals surface area contributed by atoms with Gasteiger partial charge in [-0.1, -0.05) is 36.9 Å². The van der Waals surface area contributed by atoms with Gasteiger partial charge in [0.15, 0.2) is 5.60 Å². The molecule has 2 aromatic rings. The molecular weight excluding hydrogens is 344 g/mol. The fourth-order valence-electron chi connectivity index (χ4n) is 4.30. The Kier molecular flexibility index (Phi) is 3.65. The lowest BCUT2D eigenvalue weighted by atomic mass is 9.77. The second-order valence-electron chi connectivity index (χ2n) is 6.80. The zero-order valence-electron chi connectivity index (χ0n) is 15.4. The number of hydrogen-bond donors (Lipinski definition) is 1. The van der Waals surface area contributed by atoms with Gasteiger partial charge in [0.1, 0.15) is 11.7 Å². The number of aliphatic hydroxyl groups is 1. The van der Waals surface area contributed by atoms with Gasteiger partial charge >= 0.3 is 0 Å². The summed E-state index contributed by atoms with van der Waals surface area (Å²) >= 11 is 0. The van der Waals surface area contributed by atoms with Gasteiger partial charge in [0, 0.05) is 19.7 Å². The first-order chi connectivity index (χ1) is 12.9. The third-order valence-electron chi connectivity index (χ3n) is 5.56. The monoisotopic (exact) mass is 364 g/mol. The smallest absolute Gasteiger partial charge is 0.264 e. The molecule has 2 heterocycles. The number of methoxy groups -OCH3 is 1. The first-order valence-corrected chi connectivity index (χ1v) is 8.58. The molecule has 2 aromatic carbocycles. The second-order valence-corrected chi connectivity index (χ2v) is 6.80. The van der Waals surface area contributed by atoms with Gasteiger partial charge in [-0.15, -0.1) is 0 Å². The van der Waals surface area contributed by atoms with Gasteiger partial charge < -0.3 is 19.6 Å². The van der Waals surface area contributed by atoms with Crippen LogP contribution in [0.25, 0.3) is 6.08 Å². The molecule has 6 heteroatoms. The number of carbonyl (C=O) groups excluding carboxylic acids is 2. The maximum Gasteiger partial charge on any atom is 0.264 e. The molecule has 0 spiro atoms. The number of likely N-dealkylation sites (N-methyl/N-ethyl adjacent to an activating group) is 2. The van der Waals surface area contributed by atoms with Crippen LogP contribution in [0.1, 0.15) is 22.6 Å². The number of rotatable bonds is 3. The molecule has 0 unspecified atom stereocenters. The molecule has 1 N–H and O–H groups in total. The Morgan fingerprint density at radius 2 is 1.85 bits per heavy atom. The molecule has 2 amide bonds. The average Bonchev–Trinajstić information content (AvgIpc) is 3.06. The fraction of sp³-hybridized carbons (Fsp3) is 0.238. The third kappa shape index (κ3) is 1.99. The van der Waals surface area contributed by atoms with Gasteiger partial charge in [0.05, 0.1) is 18.5 Å². The molecule has 0 radical (unpaired) electrons. The Bertz CT molecular complexity index is 1000. The van der Waals surface area contributed by atoms with Crippen LogP contribution in [0.3, 0.4) is 0 Å². The lowest BCUT2D eigenvalue weighted by Gasteiger charge is -2.28. The van der Waals surface area contributed by atoms with Crippen molar-refractivity contribution in [3.05, 3.63) is 59.7 Å². The highest BCUT2D eigenvalue weighted by Gasteiger charge is 2.61. The molecule has 4 rings (SSSR count). The summed E-state index contributed by atoms with van der Waals surface area (Å²) in [6.07, 6.45) is 1.59. The number of fused-ring (bicyclic) bond motifs is 2. The van der Waals surface area contributed by atoms with Crippen molar-refractivity contribution < 1.29 is 19.4 Å². The van der Waals surface area contributed by atoms with Crippen molar-refractivity contribution in [2.75, 3.05) is 31.0 Å². The van der Waals surface area contributed by atoms with Crippen LogP contribution < -0.4 is 14.5 Å². The highest BCUT2D eigenvalue weighted by atomic mass is 16.5. The summed E-state index contributed by atoms with van der Waals surface area (Å²) in [5, 5.41) is 11.8. The molecule has 0 saturated carbocycles. The fourth-order valence-corrected chi connectivity index (χ4v) is 4.30. The standard InChI is InChI=1S/C21H20N2O4/c1-5-12-8-6-10-14-16(12)21(26,20(25)22(14)2)17-13-9-7-11-15(27-4)18(13)23(3)19(17)24/h5-11,17,26H,1H2,2-4H3/t17-,21+/m0/s1. The predicted molar refractivity (Wildman–Crippen MR) is 103 cm³/mol. The van der Waals surface area contributed by atoms with Crippen molar-refractivity contribution in [2.45, 2.75) is 11.5 Å². The van der Waals surface area contributed by atoms with Crippen molar-refractivity contribution in [3.63, 3.8) is 0 Å². The van der Waals surface area contributed by atoms with Crippen LogP contribution in [0.5, 0.6) is 5.75 Å². The zero-order chi connectivity index (χ0) is 19.5.